The predicted octanol–water partition coefficient (Wildman–Crippen LogP) is 1.79. The standard InChI is InChI=1S/C13H23F3N2O2/c1-18(7-9(17)8-20-2)12(19)10-5-3-4-6-11(10)13(14,15)16/h9-11H,3-8,17H2,1-2H3. The second-order valence-corrected chi connectivity index (χ2v) is 5.47. The lowest BCUT2D eigenvalue weighted by molar-refractivity contribution is -0.200. The number of nitrogens with zero attached hydrogens (tertiary/aromatic N) is 1. The van der Waals surface area contributed by atoms with Crippen molar-refractivity contribution in [2.45, 2.75) is 37.9 Å². The number of halogens is 3. The summed E-state index contributed by atoms with van der Waals surface area (Å²) in [6.45, 7) is 0.471. The molecule has 1 aliphatic rings. The molecular weight excluding hydrogens is 273 g/mol. The Morgan fingerprint density at radius 2 is 2.00 bits per heavy atom. The van der Waals surface area contributed by atoms with E-state index in [1.54, 1.807) is 0 Å². The molecule has 0 bridgehead atoms. The van der Waals surface area contributed by atoms with Crippen molar-refractivity contribution in [2.24, 2.45) is 17.6 Å². The third-order valence-corrected chi connectivity index (χ3v) is 3.77. The topological polar surface area (TPSA) is 55.6 Å². The van der Waals surface area contributed by atoms with Gasteiger partial charge in [0.1, 0.15) is 0 Å². The van der Waals surface area contributed by atoms with Gasteiger partial charge in [-0.1, -0.05) is 12.8 Å². The first kappa shape index (κ1) is 17.2. The number of carbonyl (C=O) groups excluding carboxylic acids is 1. The largest absolute Gasteiger partial charge is 0.392 e. The second-order valence-electron chi connectivity index (χ2n) is 5.47. The van der Waals surface area contributed by atoms with Crippen LogP contribution in [0.1, 0.15) is 25.7 Å². The number of ether oxygens (including phenoxy) is 1. The van der Waals surface area contributed by atoms with Crippen molar-refractivity contribution in [3.63, 3.8) is 0 Å². The Hall–Kier alpha value is -0.820. The van der Waals surface area contributed by atoms with E-state index in [9.17, 15) is 18.0 Å². The minimum Gasteiger partial charge on any atom is -0.383 e. The Bertz CT molecular complexity index is 323. The Labute approximate surface area is 117 Å². The van der Waals surface area contributed by atoms with Crippen molar-refractivity contribution in [2.75, 3.05) is 27.3 Å². The minimum absolute atomic E-state index is 0.0396. The number of alkyl halides is 3. The number of likely N-dealkylation sites (N-methyl/N-ethyl adjacent to an activating group) is 1. The maximum absolute atomic E-state index is 13.0. The normalized spacial score (nSPS) is 25.3. The van der Waals surface area contributed by atoms with Gasteiger partial charge in [-0.3, -0.25) is 4.79 Å². The number of carbonyl (C=O) groups is 1. The van der Waals surface area contributed by atoms with Crippen LogP contribution < -0.4 is 5.73 Å². The molecule has 0 aromatic heterocycles. The predicted molar refractivity (Wildman–Crippen MR) is 69.0 cm³/mol. The van der Waals surface area contributed by atoms with Gasteiger partial charge in [-0.2, -0.15) is 13.2 Å². The Balaban J connectivity index is 2.67. The zero-order valence-corrected chi connectivity index (χ0v) is 11.9. The van der Waals surface area contributed by atoms with Crippen molar-refractivity contribution in [3.05, 3.63) is 0 Å². The summed E-state index contributed by atoms with van der Waals surface area (Å²) in [5.41, 5.74) is 5.73. The van der Waals surface area contributed by atoms with E-state index in [1.807, 2.05) is 0 Å². The van der Waals surface area contributed by atoms with Gasteiger partial charge in [0.05, 0.1) is 12.5 Å². The molecule has 1 rings (SSSR count). The van der Waals surface area contributed by atoms with Crippen molar-refractivity contribution in [1.82, 2.24) is 4.90 Å². The van der Waals surface area contributed by atoms with Gasteiger partial charge >= 0.3 is 6.18 Å². The molecule has 7 heteroatoms. The van der Waals surface area contributed by atoms with Crippen LogP contribution in [0.25, 0.3) is 0 Å². The van der Waals surface area contributed by atoms with E-state index >= 15 is 0 Å². The molecule has 1 saturated carbocycles. The third-order valence-electron chi connectivity index (χ3n) is 3.77. The summed E-state index contributed by atoms with van der Waals surface area (Å²) < 4.78 is 43.8. The van der Waals surface area contributed by atoms with Crippen LogP contribution in [0.4, 0.5) is 13.2 Å². The van der Waals surface area contributed by atoms with Crippen molar-refractivity contribution < 1.29 is 22.7 Å². The average molecular weight is 296 g/mol. The van der Waals surface area contributed by atoms with Gasteiger partial charge in [0.25, 0.3) is 0 Å². The van der Waals surface area contributed by atoms with Crippen LogP contribution in [-0.4, -0.2) is 50.3 Å². The molecule has 0 aliphatic heterocycles. The van der Waals surface area contributed by atoms with Crippen LogP contribution in [0.5, 0.6) is 0 Å². The monoisotopic (exact) mass is 296 g/mol. The summed E-state index contributed by atoms with van der Waals surface area (Å²) in [4.78, 5) is 13.5. The second kappa shape index (κ2) is 7.26. The summed E-state index contributed by atoms with van der Waals surface area (Å²) in [6.07, 6.45) is -2.78. The summed E-state index contributed by atoms with van der Waals surface area (Å²) in [5, 5.41) is 0. The number of hydrogen-bond acceptors (Lipinski definition) is 3. The minimum atomic E-state index is -4.31. The van der Waals surface area contributed by atoms with E-state index in [0.29, 0.717) is 19.3 Å². The maximum atomic E-state index is 13.0. The Morgan fingerprint density at radius 3 is 2.55 bits per heavy atom. The molecule has 0 radical (unpaired) electrons. The van der Waals surface area contributed by atoms with E-state index in [-0.39, 0.29) is 25.6 Å². The van der Waals surface area contributed by atoms with Gasteiger partial charge in [-0.15, -0.1) is 0 Å². The third kappa shape index (κ3) is 4.63. The maximum Gasteiger partial charge on any atom is 0.392 e. The van der Waals surface area contributed by atoms with Gasteiger partial charge < -0.3 is 15.4 Å². The van der Waals surface area contributed by atoms with E-state index in [0.717, 1.165) is 0 Å². The first-order valence-electron chi connectivity index (χ1n) is 6.83. The molecule has 20 heavy (non-hydrogen) atoms. The lowest BCUT2D eigenvalue weighted by atomic mass is 9.78. The van der Waals surface area contributed by atoms with Gasteiger partial charge in [-0.25, -0.2) is 0 Å². The average Bonchev–Trinajstić information content (AvgIpc) is 2.37. The molecule has 1 fully saturated rings. The molecule has 1 amide bonds. The first-order chi connectivity index (χ1) is 9.27. The summed E-state index contributed by atoms with van der Waals surface area (Å²) in [5.74, 6) is -2.95. The van der Waals surface area contributed by atoms with Gasteiger partial charge in [0, 0.05) is 32.7 Å². The van der Waals surface area contributed by atoms with Gasteiger partial charge in [0.2, 0.25) is 5.91 Å². The highest BCUT2D eigenvalue weighted by Gasteiger charge is 2.48. The van der Waals surface area contributed by atoms with E-state index in [1.165, 1.54) is 19.1 Å². The summed E-state index contributed by atoms with van der Waals surface area (Å²) >= 11 is 0. The molecule has 0 heterocycles. The van der Waals surface area contributed by atoms with Crippen LogP contribution in [0.15, 0.2) is 0 Å². The zero-order chi connectivity index (χ0) is 15.3. The number of rotatable bonds is 5. The van der Waals surface area contributed by atoms with Crippen LogP contribution >= 0.6 is 0 Å². The van der Waals surface area contributed by atoms with Crippen molar-refractivity contribution >= 4 is 5.91 Å². The first-order valence-corrected chi connectivity index (χ1v) is 6.83. The number of nitrogens with two attached hydrogens (primary N) is 1. The fourth-order valence-electron chi connectivity index (χ4n) is 2.81. The lowest BCUT2D eigenvalue weighted by Gasteiger charge is -2.35. The molecule has 4 nitrogen and oxygen atoms in total. The fraction of sp³-hybridized carbons (Fsp3) is 0.923. The highest BCUT2D eigenvalue weighted by molar-refractivity contribution is 5.79. The van der Waals surface area contributed by atoms with Crippen molar-refractivity contribution in [3.8, 4) is 0 Å². The van der Waals surface area contributed by atoms with E-state index in [2.05, 4.69) is 0 Å². The molecular formula is C13H23F3N2O2. The highest BCUT2D eigenvalue weighted by Crippen LogP contribution is 2.42. The molecule has 0 spiro atoms. The van der Waals surface area contributed by atoms with E-state index in [4.69, 9.17) is 10.5 Å². The molecule has 0 aromatic carbocycles. The summed E-state index contributed by atoms with van der Waals surface area (Å²) in [7, 11) is 2.99. The van der Waals surface area contributed by atoms with Crippen LogP contribution in [0.3, 0.4) is 0 Å². The molecule has 0 saturated heterocycles. The number of hydrogen-bond donors (Lipinski definition) is 1. The van der Waals surface area contributed by atoms with Gasteiger partial charge in [0.15, 0.2) is 0 Å². The molecule has 3 atom stereocenters. The molecule has 3 unspecified atom stereocenters. The summed E-state index contributed by atoms with van der Waals surface area (Å²) in [6, 6.07) is -0.387. The quantitative estimate of drug-likeness (QED) is 0.841. The lowest BCUT2D eigenvalue weighted by Crippen LogP contribution is -2.47. The molecule has 0 aromatic rings. The van der Waals surface area contributed by atoms with Crippen LogP contribution in [-0.2, 0) is 9.53 Å². The Kier molecular flexibility index (Phi) is 6.26. The van der Waals surface area contributed by atoms with E-state index < -0.39 is 23.9 Å². The molecule has 2 N–H and O–H groups in total. The molecule has 118 valence electrons. The number of amides is 1. The van der Waals surface area contributed by atoms with Crippen molar-refractivity contribution in [1.29, 1.82) is 0 Å². The SMILES string of the molecule is COCC(N)CN(C)C(=O)C1CCCCC1C(F)(F)F. The number of methoxy groups -OCH3 is 1. The van der Waals surface area contributed by atoms with Gasteiger partial charge in [-0.05, 0) is 12.8 Å². The molecule has 1 aliphatic carbocycles. The highest BCUT2D eigenvalue weighted by atomic mass is 19.4. The van der Waals surface area contributed by atoms with Crippen LogP contribution in [0.2, 0.25) is 0 Å². The smallest absolute Gasteiger partial charge is 0.383 e. The zero-order valence-electron chi connectivity index (χ0n) is 11.9. The van der Waals surface area contributed by atoms with Crippen LogP contribution in [0, 0.1) is 11.8 Å². The Morgan fingerprint density at radius 1 is 1.40 bits per heavy atom. The fourth-order valence-corrected chi connectivity index (χ4v) is 2.81.